The summed E-state index contributed by atoms with van der Waals surface area (Å²) >= 11 is 0. The van der Waals surface area contributed by atoms with Gasteiger partial charge in [0.1, 0.15) is 11.5 Å². The van der Waals surface area contributed by atoms with E-state index in [1.54, 1.807) is 18.2 Å². The van der Waals surface area contributed by atoms with Gasteiger partial charge in [0.15, 0.2) is 0 Å². The number of amides is 1. The van der Waals surface area contributed by atoms with Gasteiger partial charge in [-0.25, -0.2) is 4.98 Å². The smallest absolute Gasteiger partial charge is 0.270 e. The van der Waals surface area contributed by atoms with Gasteiger partial charge in [-0.2, -0.15) is 0 Å². The summed E-state index contributed by atoms with van der Waals surface area (Å²) in [6.07, 6.45) is 0. The van der Waals surface area contributed by atoms with Crippen LogP contribution in [-0.4, -0.2) is 29.6 Å². The Morgan fingerprint density at radius 1 is 1.53 bits per heavy atom. The first-order valence-corrected chi connectivity index (χ1v) is 5.59. The minimum Gasteiger partial charge on any atom is -0.384 e. The van der Waals surface area contributed by atoms with Crippen molar-refractivity contribution in [3.63, 3.8) is 0 Å². The SMILES string of the molecule is CCOC(C)(C)CNC(=O)c1cccc(N)n1. The van der Waals surface area contributed by atoms with Crippen molar-refractivity contribution in [1.82, 2.24) is 10.3 Å². The van der Waals surface area contributed by atoms with E-state index in [9.17, 15) is 4.79 Å². The number of carbonyl (C=O) groups is 1. The predicted molar refractivity (Wildman–Crippen MR) is 66.7 cm³/mol. The molecule has 0 saturated heterocycles. The van der Waals surface area contributed by atoms with Gasteiger partial charge in [0.25, 0.3) is 5.91 Å². The molecule has 1 aromatic heterocycles. The Bertz CT molecular complexity index is 391. The van der Waals surface area contributed by atoms with Gasteiger partial charge in [-0.1, -0.05) is 6.07 Å². The Morgan fingerprint density at radius 2 is 2.24 bits per heavy atom. The monoisotopic (exact) mass is 237 g/mol. The van der Waals surface area contributed by atoms with Crippen LogP contribution in [-0.2, 0) is 4.74 Å². The molecule has 1 rings (SSSR count). The van der Waals surface area contributed by atoms with Crippen LogP contribution in [0.2, 0.25) is 0 Å². The molecule has 0 aliphatic heterocycles. The van der Waals surface area contributed by atoms with Crippen molar-refractivity contribution >= 4 is 11.7 Å². The summed E-state index contributed by atoms with van der Waals surface area (Å²) in [6.45, 7) is 6.80. The molecule has 0 spiro atoms. The first-order chi connectivity index (χ1) is 7.94. The second-order valence-electron chi connectivity index (χ2n) is 4.32. The molecule has 3 N–H and O–H groups in total. The molecular formula is C12H19N3O2. The number of rotatable bonds is 5. The number of hydrogen-bond acceptors (Lipinski definition) is 4. The standard InChI is InChI=1S/C12H19N3O2/c1-4-17-12(2,3)8-14-11(16)9-6-5-7-10(13)15-9/h5-7H,4,8H2,1-3H3,(H2,13,15)(H,14,16). The second-order valence-corrected chi connectivity index (χ2v) is 4.32. The second kappa shape index (κ2) is 5.63. The van der Waals surface area contributed by atoms with Crippen molar-refractivity contribution in [2.45, 2.75) is 26.4 Å². The summed E-state index contributed by atoms with van der Waals surface area (Å²) in [5.74, 6) is 0.0896. The molecule has 0 aliphatic rings. The minimum absolute atomic E-state index is 0.245. The van der Waals surface area contributed by atoms with Gasteiger partial charge < -0.3 is 15.8 Å². The number of pyridine rings is 1. The van der Waals surface area contributed by atoms with Crippen LogP contribution in [0.5, 0.6) is 0 Å². The summed E-state index contributed by atoms with van der Waals surface area (Å²) < 4.78 is 5.48. The highest BCUT2D eigenvalue weighted by Gasteiger charge is 2.19. The highest BCUT2D eigenvalue weighted by molar-refractivity contribution is 5.92. The molecule has 1 amide bonds. The van der Waals surface area contributed by atoms with Crippen LogP contribution >= 0.6 is 0 Å². The van der Waals surface area contributed by atoms with Crippen LogP contribution in [0.25, 0.3) is 0 Å². The predicted octanol–water partition coefficient (Wildman–Crippen LogP) is 1.21. The van der Waals surface area contributed by atoms with Crippen LogP contribution in [0.4, 0.5) is 5.82 Å². The molecule has 5 heteroatoms. The highest BCUT2D eigenvalue weighted by atomic mass is 16.5. The zero-order chi connectivity index (χ0) is 12.9. The Kier molecular flexibility index (Phi) is 4.45. The summed E-state index contributed by atoms with van der Waals surface area (Å²) in [4.78, 5) is 15.7. The fourth-order valence-corrected chi connectivity index (χ4v) is 1.40. The van der Waals surface area contributed by atoms with Crippen molar-refractivity contribution in [2.24, 2.45) is 0 Å². The van der Waals surface area contributed by atoms with Crippen molar-refractivity contribution < 1.29 is 9.53 Å². The Hall–Kier alpha value is -1.62. The lowest BCUT2D eigenvalue weighted by Gasteiger charge is -2.24. The number of nitrogen functional groups attached to an aromatic ring is 1. The van der Waals surface area contributed by atoms with E-state index in [-0.39, 0.29) is 11.5 Å². The third-order valence-corrected chi connectivity index (χ3v) is 2.21. The van der Waals surface area contributed by atoms with E-state index in [4.69, 9.17) is 10.5 Å². The summed E-state index contributed by atoms with van der Waals surface area (Å²) in [5, 5.41) is 2.77. The lowest BCUT2D eigenvalue weighted by molar-refractivity contribution is -0.00818. The summed E-state index contributed by atoms with van der Waals surface area (Å²) in [5.41, 5.74) is 5.44. The molecule has 5 nitrogen and oxygen atoms in total. The largest absolute Gasteiger partial charge is 0.384 e. The maximum absolute atomic E-state index is 11.8. The van der Waals surface area contributed by atoms with E-state index >= 15 is 0 Å². The lowest BCUT2D eigenvalue weighted by Crippen LogP contribution is -2.40. The number of carbonyl (C=O) groups excluding carboxylic acids is 1. The Morgan fingerprint density at radius 3 is 2.82 bits per heavy atom. The van der Waals surface area contributed by atoms with Crippen LogP contribution in [0.15, 0.2) is 18.2 Å². The molecule has 94 valence electrons. The number of anilines is 1. The summed E-state index contributed by atoms with van der Waals surface area (Å²) in [7, 11) is 0. The van der Waals surface area contributed by atoms with Gasteiger partial charge >= 0.3 is 0 Å². The first kappa shape index (κ1) is 13.4. The van der Waals surface area contributed by atoms with Gasteiger partial charge in [-0.05, 0) is 32.9 Å². The normalized spacial score (nSPS) is 11.2. The molecule has 0 radical (unpaired) electrons. The van der Waals surface area contributed by atoms with Gasteiger partial charge in [0, 0.05) is 13.2 Å². The molecule has 0 saturated carbocycles. The average molecular weight is 237 g/mol. The van der Waals surface area contributed by atoms with Gasteiger partial charge in [-0.15, -0.1) is 0 Å². The molecule has 0 unspecified atom stereocenters. The molecule has 17 heavy (non-hydrogen) atoms. The van der Waals surface area contributed by atoms with Crippen molar-refractivity contribution in [2.75, 3.05) is 18.9 Å². The number of aromatic nitrogens is 1. The average Bonchev–Trinajstić information content (AvgIpc) is 2.26. The molecule has 0 atom stereocenters. The number of nitrogens with one attached hydrogen (secondary N) is 1. The summed E-state index contributed by atoms with van der Waals surface area (Å²) in [6, 6.07) is 4.96. The zero-order valence-electron chi connectivity index (χ0n) is 10.5. The number of ether oxygens (including phenoxy) is 1. The highest BCUT2D eigenvalue weighted by Crippen LogP contribution is 2.07. The van der Waals surface area contributed by atoms with Crippen LogP contribution in [0.3, 0.4) is 0 Å². The van der Waals surface area contributed by atoms with Crippen LogP contribution in [0, 0.1) is 0 Å². The van der Waals surface area contributed by atoms with E-state index in [1.807, 2.05) is 20.8 Å². The topological polar surface area (TPSA) is 77.2 Å². The van der Waals surface area contributed by atoms with Gasteiger partial charge in [-0.3, -0.25) is 4.79 Å². The molecule has 0 aliphatic carbocycles. The molecular weight excluding hydrogens is 218 g/mol. The zero-order valence-corrected chi connectivity index (χ0v) is 10.5. The van der Waals surface area contributed by atoms with E-state index in [2.05, 4.69) is 10.3 Å². The van der Waals surface area contributed by atoms with Gasteiger partial charge in [0.05, 0.1) is 5.60 Å². The molecule has 1 aromatic rings. The Balaban J connectivity index is 2.56. The lowest BCUT2D eigenvalue weighted by atomic mass is 10.1. The van der Waals surface area contributed by atoms with Crippen LogP contribution in [0.1, 0.15) is 31.3 Å². The quantitative estimate of drug-likeness (QED) is 0.807. The number of nitrogens with two attached hydrogens (primary N) is 1. The van der Waals surface area contributed by atoms with E-state index in [1.165, 1.54) is 0 Å². The first-order valence-electron chi connectivity index (χ1n) is 5.59. The fraction of sp³-hybridized carbons (Fsp3) is 0.500. The van der Waals surface area contributed by atoms with E-state index in [0.29, 0.717) is 24.7 Å². The molecule has 0 fully saturated rings. The number of nitrogens with zero attached hydrogens (tertiary/aromatic N) is 1. The molecule has 1 heterocycles. The van der Waals surface area contributed by atoms with Crippen molar-refractivity contribution in [3.8, 4) is 0 Å². The van der Waals surface area contributed by atoms with E-state index in [0.717, 1.165) is 0 Å². The maximum atomic E-state index is 11.8. The van der Waals surface area contributed by atoms with Crippen molar-refractivity contribution in [3.05, 3.63) is 23.9 Å². The van der Waals surface area contributed by atoms with E-state index < -0.39 is 0 Å². The number of hydrogen-bond donors (Lipinski definition) is 2. The third-order valence-electron chi connectivity index (χ3n) is 2.21. The maximum Gasteiger partial charge on any atom is 0.270 e. The Labute approximate surface area is 101 Å². The third kappa shape index (κ3) is 4.40. The van der Waals surface area contributed by atoms with Crippen molar-refractivity contribution in [1.29, 1.82) is 0 Å². The fourth-order valence-electron chi connectivity index (χ4n) is 1.40. The minimum atomic E-state index is -0.384. The molecule has 0 aromatic carbocycles. The van der Waals surface area contributed by atoms with Gasteiger partial charge in [0.2, 0.25) is 0 Å². The molecule has 0 bridgehead atoms. The van der Waals surface area contributed by atoms with Crippen LogP contribution < -0.4 is 11.1 Å².